The van der Waals surface area contributed by atoms with Gasteiger partial charge in [-0.25, -0.2) is 4.68 Å². The third-order valence-corrected chi connectivity index (χ3v) is 3.77. The Morgan fingerprint density at radius 1 is 1.50 bits per heavy atom. The molecular weight excluding hydrogens is 324 g/mol. The second-order valence-electron chi connectivity index (χ2n) is 4.59. The van der Waals surface area contributed by atoms with Crippen LogP contribution in [0.15, 0.2) is 22.7 Å². The fourth-order valence-electron chi connectivity index (χ4n) is 2.03. The van der Waals surface area contributed by atoms with Crippen LogP contribution in [0.1, 0.15) is 31.4 Å². The van der Waals surface area contributed by atoms with Gasteiger partial charge in [0.1, 0.15) is 0 Å². The van der Waals surface area contributed by atoms with Gasteiger partial charge in [0.2, 0.25) is 0 Å². The van der Waals surface area contributed by atoms with Crippen molar-refractivity contribution in [2.24, 2.45) is 0 Å². The van der Waals surface area contributed by atoms with Crippen LogP contribution in [-0.2, 0) is 4.79 Å². The summed E-state index contributed by atoms with van der Waals surface area (Å²) in [5.41, 5.74) is 1.95. The van der Waals surface area contributed by atoms with Crippen LogP contribution < -0.4 is 0 Å². The summed E-state index contributed by atoms with van der Waals surface area (Å²) in [4.78, 5) is 10.9. The maximum atomic E-state index is 10.9. The number of tetrazole rings is 1. The molecule has 7 heteroatoms. The quantitative estimate of drug-likeness (QED) is 0.906. The molecule has 106 valence electrons. The minimum atomic E-state index is -0.860. The number of carbonyl (C=O) groups is 1. The molecule has 20 heavy (non-hydrogen) atoms. The molecule has 0 amide bonds. The van der Waals surface area contributed by atoms with Gasteiger partial charge in [0.25, 0.3) is 0 Å². The maximum Gasteiger partial charge on any atom is 0.305 e. The lowest BCUT2D eigenvalue weighted by atomic mass is 10.1. The molecule has 0 aliphatic rings. The lowest BCUT2D eigenvalue weighted by molar-refractivity contribution is -0.138. The highest BCUT2D eigenvalue weighted by Crippen LogP contribution is 2.29. The Labute approximate surface area is 124 Å². The van der Waals surface area contributed by atoms with Crippen molar-refractivity contribution in [2.75, 3.05) is 0 Å². The van der Waals surface area contributed by atoms with Crippen molar-refractivity contribution in [3.63, 3.8) is 0 Å². The lowest BCUT2D eigenvalue weighted by Gasteiger charge is -2.15. The van der Waals surface area contributed by atoms with Gasteiger partial charge in [-0.3, -0.25) is 4.79 Å². The van der Waals surface area contributed by atoms with Gasteiger partial charge in [-0.2, -0.15) is 0 Å². The molecule has 0 saturated heterocycles. The molecule has 1 atom stereocenters. The van der Waals surface area contributed by atoms with Crippen molar-refractivity contribution >= 4 is 21.9 Å². The van der Waals surface area contributed by atoms with Crippen LogP contribution >= 0.6 is 15.9 Å². The van der Waals surface area contributed by atoms with Gasteiger partial charge in [-0.1, -0.05) is 34.5 Å². The fourth-order valence-corrected chi connectivity index (χ4v) is 2.46. The number of aryl methyl sites for hydroxylation is 1. The van der Waals surface area contributed by atoms with E-state index in [0.29, 0.717) is 12.2 Å². The van der Waals surface area contributed by atoms with Gasteiger partial charge in [-0.15, -0.1) is 5.10 Å². The number of carboxylic acid groups (broad SMARTS) is 1. The average Bonchev–Trinajstić information content (AvgIpc) is 2.87. The molecule has 0 aliphatic heterocycles. The van der Waals surface area contributed by atoms with Crippen LogP contribution in [0.3, 0.4) is 0 Å². The summed E-state index contributed by atoms with van der Waals surface area (Å²) >= 11 is 3.48. The van der Waals surface area contributed by atoms with Crippen molar-refractivity contribution in [2.45, 2.75) is 32.7 Å². The van der Waals surface area contributed by atoms with Crippen LogP contribution in [0, 0.1) is 6.92 Å². The van der Waals surface area contributed by atoms with Gasteiger partial charge >= 0.3 is 5.97 Å². The van der Waals surface area contributed by atoms with Crippen LogP contribution in [0.25, 0.3) is 11.4 Å². The third-order valence-electron chi connectivity index (χ3n) is 3.08. The summed E-state index contributed by atoms with van der Waals surface area (Å²) in [7, 11) is 0. The summed E-state index contributed by atoms with van der Waals surface area (Å²) in [6.07, 6.45) is 0.645. The van der Waals surface area contributed by atoms with E-state index >= 15 is 0 Å². The number of hydrogen-bond acceptors (Lipinski definition) is 4. The number of benzene rings is 1. The van der Waals surface area contributed by atoms with E-state index in [1.165, 1.54) is 0 Å². The van der Waals surface area contributed by atoms with Gasteiger partial charge in [-0.05, 0) is 35.9 Å². The van der Waals surface area contributed by atoms with E-state index in [-0.39, 0.29) is 12.5 Å². The SMILES string of the molecule is CCC(CC(=O)O)n1nnnc1-c1cc(C)ccc1Br. The standard InChI is InChI=1S/C13H15BrN4O2/c1-3-9(7-12(19)20)18-13(15-16-17-18)10-6-8(2)4-5-11(10)14/h4-6,9H,3,7H2,1-2H3,(H,19,20). The van der Waals surface area contributed by atoms with E-state index in [0.717, 1.165) is 15.6 Å². The van der Waals surface area contributed by atoms with Gasteiger partial charge < -0.3 is 5.11 Å². The predicted octanol–water partition coefficient (Wildman–Crippen LogP) is 2.84. The first-order chi connectivity index (χ1) is 9.52. The molecule has 1 aromatic heterocycles. The van der Waals surface area contributed by atoms with Crippen molar-refractivity contribution < 1.29 is 9.90 Å². The van der Waals surface area contributed by atoms with Crippen molar-refractivity contribution in [1.82, 2.24) is 20.2 Å². The summed E-state index contributed by atoms with van der Waals surface area (Å²) < 4.78 is 2.47. The lowest BCUT2D eigenvalue weighted by Crippen LogP contribution is -2.15. The Morgan fingerprint density at radius 2 is 2.25 bits per heavy atom. The number of aromatic nitrogens is 4. The number of nitrogens with zero attached hydrogens (tertiary/aromatic N) is 4. The molecule has 0 radical (unpaired) electrons. The van der Waals surface area contributed by atoms with E-state index in [2.05, 4.69) is 31.5 Å². The molecule has 0 saturated carbocycles. The predicted molar refractivity (Wildman–Crippen MR) is 77.3 cm³/mol. The molecule has 0 spiro atoms. The summed E-state index contributed by atoms with van der Waals surface area (Å²) in [6, 6.07) is 5.63. The van der Waals surface area contributed by atoms with Crippen LogP contribution in [-0.4, -0.2) is 31.3 Å². The summed E-state index contributed by atoms with van der Waals surface area (Å²) in [6.45, 7) is 3.91. The van der Waals surface area contributed by atoms with Gasteiger partial charge in [0.15, 0.2) is 5.82 Å². The highest BCUT2D eigenvalue weighted by atomic mass is 79.9. The van der Waals surface area contributed by atoms with Crippen LogP contribution in [0.2, 0.25) is 0 Å². The molecule has 1 aromatic carbocycles. The number of rotatable bonds is 5. The first-order valence-corrected chi connectivity index (χ1v) is 7.08. The zero-order valence-corrected chi connectivity index (χ0v) is 12.8. The Balaban J connectivity index is 2.46. The molecule has 2 aromatic rings. The maximum absolute atomic E-state index is 10.9. The number of halogens is 1. The minimum Gasteiger partial charge on any atom is -0.481 e. The number of aliphatic carboxylic acids is 1. The van der Waals surface area contributed by atoms with E-state index < -0.39 is 5.97 Å². The molecule has 0 fully saturated rings. The molecule has 6 nitrogen and oxygen atoms in total. The topological polar surface area (TPSA) is 80.9 Å². The molecule has 1 unspecified atom stereocenters. The Morgan fingerprint density at radius 3 is 2.90 bits per heavy atom. The zero-order chi connectivity index (χ0) is 14.7. The van der Waals surface area contributed by atoms with E-state index in [1.54, 1.807) is 4.68 Å². The van der Waals surface area contributed by atoms with E-state index in [4.69, 9.17) is 5.11 Å². The van der Waals surface area contributed by atoms with Crippen molar-refractivity contribution in [3.8, 4) is 11.4 Å². The molecule has 2 rings (SSSR count). The monoisotopic (exact) mass is 338 g/mol. The average molecular weight is 339 g/mol. The fraction of sp³-hybridized carbons (Fsp3) is 0.385. The van der Waals surface area contributed by atoms with E-state index in [1.807, 2.05) is 32.0 Å². The highest BCUT2D eigenvalue weighted by molar-refractivity contribution is 9.10. The molecule has 1 heterocycles. The normalized spacial score (nSPS) is 12.3. The highest BCUT2D eigenvalue weighted by Gasteiger charge is 2.21. The Hall–Kier alpha value is -1.76. The molecule has 0 aliphatic carbocycles. The van der Waals surface area contributed by atoms with Gasteiger partial charge in [0.05, 0.1) is 12.5 Å². The van der Waals surface area contributed by atoms with Gasteiger partial charge in [0, 0.05) is 10.0 Å². The molecule has 1 N–H and O–H groups in total. The Kier molecular flexibility index (Phi) is 4.49. The first-order valence-electron chi connectivity index (χ1n) is 6.29. The molecule has 0 bridgehead atoms. The second kappa shape index (κ2) is 6.13. The Bertz CT molecular complexity index is 627. The largest absolute Gasteiger partial charge is 0.481 e. The summed E-state index contributed by atoms with van der Waals surface area (Å²) in [5.74, 6) is -0.282. The number of hydrogen-bond donors (Lipinski definition) is 1. The van der Waals surface area contributed by atoms with Crippen LogP contribution in [0.4, 0.5) is 0 Å². The smallest absolute Gasteiger partial charge is 0.305 e. The zero-order valence-electron chi connectivity index (χ0n) is 11.2. The van der Waals surface area contributed by atoms with Crippen LogP contribution in [0.5, 0.6) is 0 Å². The third kappa shape index (κ3) is 3.04. The molecular formula is C13H15BrN4O2. The summed E-state index contributed by atoms with van der Waals surface area (Å²) in [5, 5.41) is 20.7. The number of carboxylic acids is 1. The van der Waals surface area contributed by atoms with Crippen molar-refractivity contribution in [3.05, 3.63) is 28.2 Å². The second-order valence-corrected chi connectivity index (χ2v) is 5.44. The minimum absolute atomic E-state index is 0.00201. The van der Waals surface area contributed by atoms with E-state index in [9.17, 15) is 4.79 Å². The van der Waals surface area contributed by atoms with Crippen molar-refractivity contribution in [1.29, 1.82) is 0 Å². The first kappa shape index (κ1) is 14.6.